The third kappa shape index (κ3) is 4.35. The summed E-state index contributed by atoms with van der Waals surface area (Å²) in [5.74, 6) is -0.978. The minimum Gasteiger partial charge on any atom is -0.468 e. The van der Waals surface area contributed by atoms with Gasteiger partial charge in [-0.15, -0.1) is 0 Å². The first-order valence-corrected chi connectivity index (χ1v) is 6.74. The quantitative estimate of drug-likeness (QED) is 0.759. The van der Waals surface area contributed by atoms with Gasteiger partial charge in [-0.05, 0) is 12.0 Å². The molecule has 1 amide bonds. The molecule has 0 saturated heterocycles. The van der Waals surface area contributed by atoms with E-state index < -0.39 is 11.9 Å². The van der Waals surface area contributed by atoms with Gasteiger partial charge in [0.05, 0.1) is 13.0 Å². The molecule has 0 bridgehead atoms. The zero-order valence-corrected chi connectivity index (χ0v) is 12.0. The second-order valence-corrected chi connectivity index (χ2v) is 4.53. The van der Waals surface area contributed by atoms with Gasteiger partial charge in [-0.3, -0.25) is 9.59 Å². The lowest BCUT2D eigenvalue weighted by molar-refractivity contribution is -0.147. The van der Waals surface area contributed by atoms with E-state index in [4.69, 9.17) is 5.73 Å². The summed E-state index contributed by atoms with van der Waals surface area (Å²) in [5, 5.41) is 0. The number of esters is 1. The molecule has 0 aliphatic heterocycles. The van der Waals surface area contributed by atoms with E-state index in [1.54, 1.807) is 0 Å². The maximum Gasteiger partial charge on any atom is 0.325 e. The highest BCUT2D eigenvalue weighted by atomic mass is 16.5. The Balaban J connectivity index is 2.88. The van der Waals surface area contributed by atoms with Crippen molar-refractivity contribution in [2.45, 2.75) is 19.3 Å². The maximum atomic E-state index is 12.6. The number of hydrogen-bond acceptors (Lipinski definition) is 4. The van der Waals surface area contributed by atoms with Crippen molar-refractivity contribution < 1.29 is 14.3 Å². The fourth-order valence-electron chi connectivity index (χ4n) is 2.04. The zero-order chi connectivity index (χ0) is 15.0. The molecule has 0 aromatic heterocycles. The van der Waals surface area contributed by atoms with E-state index in [1.807, 2.05) is 37.3 Å². The van der Waals surface area contributed by atoms with Crippen LogP contribution in [0.15, 0.2) is 30.3 Å². The predicted octanol–water partition coefficient (Wildman–Crippen LogP) is 1.14. The highest BCUT2D eigenvalue weighted by Crippen LogP contribution is 2.17. The SMILES string of the molecule is CCCN(CC(=O)OC)C(=O)C(CN)c1ccccc1. The molecule has 1 rings (SSSR count). The van der Waals surface area contributed by atoms with Gasteiger partial charge >= 0.3 is 5.97 Å². The topological polar surface area (TPSA) is 72.6 Å². The molecule has 0 radical (unpaired) electrons. The van der Waals surface area contributed by atoms with Crippen molar-refractivity contribution in [1.82, 2.24) is 4.90 Å². The van der Waals surface area contributed by atoms with E-state index in [1.165, 1.54) is 12.0 Å². The van der Waals surface area contributed by atoms with Crippen molar-refractivity contribution in [2.75, 3.05) is 26.7 Å². The van der Waals surface area contributed by atoms with Crippen LogP contribution in [0.25, 0.3) is 0 Å². The molecule has 20 heavy (non-hydrogen) atoms. The predicted molar refractivity (Wildman–Crippen MR) is 77.1 cm³/mol. The molecule has 1 unspecified atom stereocenters. The molecular formula is C15H22N2O3. The highest BCUT2D eigenvalue weighted by Gasteiger charge is 2.25. The molecule has 1 aromatic rings. The molecule has 0 fully saturated rings. The number of benzene rings is 1. The van der Waals surface area contributed by atoms with Crippen LogP contribution in [0.2, 0.25) is 0 Å². The van der Waals surface area contributed by atoms with Crippen molar-refractivity contribution in [2.24, 2.45) is 5.73 Å². The van der Waals surface area contributed by atoms with E-state index in [2.05, 4.69) is 4.74 Å². The molecule has 0 aliphatic carbocycles. The fraction of sp³-hybridized carbons (Fsp3) is 0.467. The van der Waals surface area contributed by atoms with Gasteiger partial charge < -0.3 is 15.4 Å². The van der Waals surface area contributed by atoms with E-state index in [0.29, 0.717) is 6.54 Å². The molecule has 0 spiro atoms. The third-order valence-corrected chi connectivity index (χ3v) is 3.09. The van der Waals surface area contributed by atoms with E-state index >= 15 is 0 Å². The summed E-state index contributed by atoms with van der Waals surface area (Å²) in [5.41, 5.74) is 6.61. The lowest BCUT2D eigenvalue weighted by Crippen LogP contribution is -2.41. The van der Waals surface area contributed by atoms with Crippen molar-refractivity contribution in [3.63, 3.8) is 0 Å². The summed E-state index contributed by atoms with van der Waals surface area (Å²) in [4.78, 5) is 25.5. The first-order valence-electron chi connectivity index (χ1n) is 6.74. The van der Waals surface area contributed by atoms with Crippen LogP contribution in [0.5, 0.6) is 0 Å². The minimum atomic E-state index is -0.424. The van der Waals surface area contributed by atoms with Gasteiger partial charge in [0.15, 0.2) is 0 Å². The second kappa shape index (κ2) is 8.32. The van der Waals surface area contributed by atoms with Crippen molar-refractivity contribution >= 4 is 11.9 Å². The Morgan fingerprint density at radius 1 is 1.30 bits per heavy atom. The summed E-state index contributed by atoms with van der Waals surface area (Å²) >= 11 is 0. The van der Waals surface area contributed by atoms with Crippen LogP contribution in [0, 0.1) is 0 Å². The van der Waals surface area contributed by atoms with Gasteiger partial charge in [0.2, 0.25) is 5.91 Å². The Bertz CT molecular complexity index is 434. The average molecular weight is 278 g/mol. The van der Waals surface area contributed by atoms with Gasteiger partial charge in [0.1, 0.15) is 6.54 Å². The van der Waals surface area contributed by atoms with Crippen LogP contribution in [0.3, 0.4) is 0 Å². The van der Waals surface area contributed by atoms with Crippen LogP contribution in [-0.2, 0) is 14.3 Å². The molecule has 5 heteroatoms. The smallest absolute Gasteiger partial charge is 0.325 e. The normalized spacial score (nSPS) is 11.8. The number of ether oxygens (including phenoxy) is 1. The fourth-order valence-corrected chi connectivity index (χ4v) is 2.04. The van der Waals surface area contributed by atoms with Crippen LogP contribution in [0.4, 0.5) is 0 Å². The number of carbonyl (C=O) groups is 2. The van der Waals surface area contributed by atoms with Gasteiger partial charge in [-0.25, -0.2) is 0 Å². The molecule has 110 valence electrons. The average Bonchev–Trinajstić information content (AvgIpc) is 2.48. The van der Waals surface area contributed by atoms with Crippen molar-refractivity contribution in [1.29, 1.82) is 0 Å². The molecule has 0 saturated carbocycles. The minimum absolute atomic E-state index is 0.0352. The standard InChI is InChI=1S/C15H22N2O3/c1-3-9-17(11-14(18)20-2)15(19)13(10-16)12-7-5-4-6-8-12/h4-8,13H,3,9-11,16H2,1-2H3. The van der Waals surface area contributed by atoms with Crippen LogP contribution < -0.4 is 5.73 Å². The van der Waals surface area contributed by atoms with Gasteiger partial charge in [0.25, 0.3) is 0 Å². The summed E-state index contributed by atoms with van der Waals surface area (Å²) in [6.45, 7) is 2.64. The van der Waals surface area contributed by atoms with Gasteiger partial charge in [-0.1, -0.05) is 37.3 Å². The number of carbonyl (C=O) groups excluding carboxylic acids is 2. The zero-order valence-electron chi connectivity index (χ0n) is 12.0. The van der Waals surface area contributed by atoms with Crippen LogP contribution in [-0.4, -0.2) is 43.5 Å². The molecule has 0 aliphatic rings. The molecule has 1 atom stereocenters. The number of methoxy groups -OCH3 is 1. The summed E-state index contributed by atoms with van der Waals surface area (Å²) in [6.07, 6.45) is 0.773. The lowest BCUT2D eigenvalue weighted by atomic mass is 9.97. The largest absolute Gasteiger partial charge is 0.468 e. The highest BCUT2D eigenvalue weighted by molar-refractivity contribution is 5.87. The van der Waals surface area contributed by atoms with Gasteiger partial charge in [0, 0.05) is 13.1 Å². The molecule has 5 nitrogen and oxygen atoms in total. The molecule has 2 N–H and O–H groups in total. The number of nitrogens with two attached hydrogens (primary N) is 1. The molecule has 0 heterocycles. The Morgan fingerprint density at radius 3 is 2.45 bits per heavy atom. The summed E-state index contributed by atoms with van der Waals surface area (Å²) < 4.78 is 4.63. The summed E-state index contributed by atoms with van der Waals surface area (Å²) in [7, 11) is 1.31. The van der Waals surface area contributed by atoms with Gasteiger partial charge in [-0.2, -0.15) is 0 Å². The first-order chi connectivity index (χ1) is 9.63. The number of rotatable bonds is 7. The van der Waals surface area contributed by atoms with E-state index in [9.17, 15) is 9.59 Å². The maximum absolute atomic E-state index is 12.6. The monoisotopic (exact) mass is 278 g/mol. The van der Waals surface area contributed by atoms with Crippen LogP contribution >= 0.6 is 0 Å². The molecule has 1 aromatic carbocycles. The van der Waals surface area contributed by atoms with Crippen LogP contribution in [0.1, 0.15) is 24.8 Å². The second-order valence-electron chi connectivity index (χ2n) is 4.53. The Morgan fingerprint density at radius 2 is 1.95 bits per heavy atom. The summed E-state index contributed by atoms with van der Waals surface area (Å²) in [6, 6.07) is 9.38. The third-order valence-electron chi connectivity index (χ3n) is 3.09. The first kappa shape index (κ1) is 16.2. The number of amides is 1. The van der Waals surface area contributed by atoms with Crippen molar-refractivity contribution in [3.8, 4) is 0 Å². The Labute approximate surface area is 119 Å². The number of nitrogens with zero attached hydrogens (tertiary/aromatic N) is 1. The molecular weight excluding hydrogens is 256 g/mol. The van der Waals surface area contributed by atoms with E-state index in [-0.39, 0.29) is 19.0 Å². The van der Waals surface area contributed by atoms with Crippen molar-refractivity contribution in [3.05, 3.63) is 35.9 Å². The number of hydrogen-bond donors (Lipinski definition) is 1. The van der Waals surface area contributed by atoms with E-state index in [0.717, 1.165) is 12.0 Å². The Hall–Kier alpha value is -1.88. The Kier molecular flexibility index (Phi) is 6.73. The lowest BCUT2D eigenvalue weighted by Gasteiger charge is -2.25.